The van der Waals surface area contributed by atoms with Crippen LogP contribution < -0.4 is 11.0 Å². The number of phenols is 1. The molecule has 17 heavy (non-hydrogen) atoms. The number of aromatic nitrogens is 3. The minimum Gasteiger partial charge on any atom is -0.506 e. The third-order valence-corrected chi connectivity index (χ3v) is 2.32. The van der Waals surface area contributed by atoms with Crippen molar-refractivity contribution in [1.82, 2.24) is 15.2 Å². The lowest BCUT2D eigenvalue weighted by atomic mass is 10.3. The number of aromatic hydroxyl groups is 1. The molecule has 3 N–H and O–H groups in total. The molecule has 1 heterocycles. The van der Waals surface area contributed by atoms with Gasteiger partial charge in [-0.1, -0.05) is 11.6 Å². The van der Waals surface area contributed by atoms with Crippen molar-refractivity contribution >= 4 is 23.1 Å². The van der Waals surface area contributed by atoms with Gasteiger partial charge in [-0.25, -0.2) is 9.89 Å². The number of aryl methyl sites for hydroxylation is 1. The van der Waals surface area contributed by atoms with Gasteiger partial charge in [-0.15, -0.1) is 0 Å². The van der Waals surface area contributed by atoms with Crippen LogP contribution in [0.4, 0.5) is 11.5 Å². The Morgan fingerprint density at radius 3 is 3.00 bits per heavy atom. The number of phenolic OH excluding ortho intramolecular Hbond substituents is 1. The van der Waals surface area contributed by atoms with Crippen LogP contribution in [0.3, 0.4) is 0 Å². The normalized spacial score (nSPS) is 10.2. The van der Waals surface area contributed by atoms with Gasteiger partial charge in [0.2, 0.25) is 0 Å². The molecule has 7 heteroatoms. The summed E-state index contributed by atoms with van der Waals surface area (Å²) >= 11 is 5.80. The number of nitrogens with one attached hydrogen (secondary N) is 2. The van der Waals surface area contributed by atoms with Crippen molar-refractivity contribution in [3.05, 3.63) is 39.4 Å². The van der Waals surface area contributed by atoms with Gasteiger partial charge in [0.15, 0.2) is 5.82 Å². The first-order valence-electron chi connectivity index (χ1n) is 4.75. The van der Waals surface area contributed by atoms with E-state index >= 15 is 0 Å². The molecule has 1 aromatic heterocycles. The first-order chi connectivity index (χ1) is 8.06. The highest BCUT2D eigenvalue weighted by molar-refractivity contribution is 6.30. The van der Waals surface area contributed by atoms with Crippen molar-refractivity contribution in [2.75, 3.05) is 5.32 Å². The predicted molar refractivity (Wildman–Crippen MR) is 63.8 cm³/mol. The molecule has 0 bridgehead atoms. The third-order valence-electron chi connectivity index (χ3n) is 2.09. The van der Waals surface area contributed by atoms with Gasteiger partial charge in [0.05, 0.1) is 5.69 Å². The number of nitrogens with zero attached hydrogens (tertiary/aromatic N) is 2. The van der Waals surface area contributed by atoms with Gasteiger partial charge in [-0.2, -0.15) is 10.1 Å². The summed E-state index contributed by atoms with van der Waals surface area (Å²) in [7, 11) is 0. The summed E-state index contributed by atoms with van der Waals surface area (Å²) in [6.45, 7) is 1.67. The first kappa shape index (κ1) is 11.4. The predicted octanol–water partition coefficient (Wildman–Crippen LogP) is 1.58. The molecule has 0 aliphatic heterocycles. The Morgan fingerprint density at radius 2 is 2.24 bits per heavy atom. The number of aromatic amines is 1. The quantitative estimate of drug-likeness (QED) is 0.706. The highest BCUT2D eigenvalue weighted by Gasteiger charge is 2.07. The zero-order valence-electron chi connectivity index (χ0n) is 8.86. The van der Waals surface area contributed by atoms with Crippen LogP contribution in [0.1, 0.15) is 5.69 Å². The highest BCUT2D eigenvalue weighted by Crippen LogP contribution is 2.28. The zero-order valence-corrected chi connectivity index (χ0v) is 9.62. The first-order valence-corrected chi connectivity index (χ1v) is 5.13. The van der Waals surface area contributed by atoms with Crippen LogP contribution in [0.2, 0.25) is 5.02 Å². The van der Waals surface area contributed by atoms with Gasteiger partial charge in [0, 0.05) is 5.02 Å². The molecule has 0 amide bonds. The van der Waals surface area contributed by atoms with Crippen LogP contribution in [0, 0.1) is 6.92 Å². The molecule has 2 rings (SSSR count). The van der Waals surface area contributed by atoms with Gasteiger partial charge < -0.3 is 10.4 Å². The highest BCUT2D eigenvalue weighted by atomic mass is 35.5. The monoisotopic (exact) mass is 252 g/mol. The smallest absolute Gasteiger partial charge is 0.363 e. The lowest BCUT2D eigenvalue weighted by molar-refractivity contribution is 0.477. The Hall–Kier alpha value is -2.08. The van der Waals surface area contributed by atoms with E-state index in [1.807, 2.05) is 0 Å². The second-order valence-electron chi connectivity index (χ2n) is 3.36. The molecule has 0 fully saturated rings. The Labute approximate surface area is 101 Å². The van der Waals surface area contributed by atoms with Crippen LogP contribution in [0.15, 0.2) is 23.0 Å². The number of H-pyrrole nitrogens is 1. The van der Waals surface area contributed by atoms with E-state index in [1.54, 1.807) is 13.0 Å². The van der Waals surface area contributed by atoms with E-state index in [0.29, 0.717) is 16.4 Å². The van der Waals surface area contributed by atoms with E-state index in [1.165, 1.54) is 12.1 Å². The Kier molecular flexibility index (Phi) is 2.97. The van der Waals surface area contributed by atoms with Crippen LogP contribution in [0.25, 0.3) is 0 Å². The molecule has 0 spiro atoms. The average molecular weight is 253 g/mol. The van der Waals surface area contributed by atoms with Crippen molar-refractivity contribution in [3.63, 3.8) is 0 Å². The molecule has 0 atom stereocenters. The van der Waals surface area contributed by atoms with Crippen LogP contribution in [-0.2, 0) is 0 Å². The van der Waals surface area contributed by atoms with E-state index in [0.717, 1.165) is 0 Å². The van der Waals surface area contributed by atoms with Crippen molar-refractivity contribution in [1.29, 1.82) is 0 Å². The number of rotatable bonds is 2. The average Bonchev–Trinajstić information content (AvgIpc) is 2.28. The third kappa shape index (κ3) is 2.54. The molecule has 2 aromatic rings. The van der Waals surface area contributed by atoms with Gasteiger partial charge in [0.25, 0.3) is 0 Å². The Bertz CT molecular complexity index is 611. The van der Waals surface area contributed by atoms with E-state index in [9.17, 15) is 9.90 Å². The summed E-state index contributed by atoms with van der Waals surface area (Å²) in [4.78, 5) is 14.7. The summed E-state index contributed by atoms with van der Waals surface area (Å²) in [5.41, 5.74) is 0.295. The number of hydrogen-bond donors (Lipinski definition) is 3. The second kappa shape index (κ2) is 4.42. The summed E-state index contributed by atoms with van der Waals surface area (Å²) in [5, 5.41) is 18.8. The second-order valence-corrected chi connectivity index (χ2v) is 3.80. The van der Waals surface area contributed by atoms with Crippen LogP contribution in [0.5, 0.6) is 5.75 Å². The minimum absolute atomic E-state index is 0.0101. The zero-order chi connectivity index (χ0) is 12.4. The maximum atomic E-state index is 11.0. The molecule has 0 aliphatic rings. The van der Waals surface area contributed by atoms with Gasteiger partial charge in [0.1, 0.15) is 11.4 Å². The molecule has 88 valence electrons. The Morgan fingerprint density at radius 1 is 1.47 bits per heavy atom. The molecule has 0 saturated carbocycles. The lowest BCUT2D eigenvalue weighted by Crippen LogP contribution is -2.15. The summed E-state index contributed by atoms with van der Waals surface area (Å²) in [6.07, 6.45) is 0. The SMILES string of the molecule is Cc1n[nH]c(=O)nc1Nc1cc(Cl)ccc1O. The maximum Gasteiger partial charge on any atom is 0.363 e. The molecule has 0 unspecified atom stereocenters. The van der Waals surface area contributed by atoms with Crippen molar-refractivity contribution < 1.29 is 5.11 Å². The van der Waals surface area contributed by atoms with Gasteiger partial charge in [-0.05, 0) is 25.1 Å². The lowest BCUT2D eigenvalue weighted by Gasteiger charge is -2.08. The fourth-order valence-electron chi connectivity index (χ4n) is 1.25. The van der Waals surface area contributed by atoms with E-state index in [-0.39, 0.29) is 11.6 Å². The number of anilines is 2. The molecular weight excluding hydrogens is 244 g/mol. The van der Waals surface area contributed by atoms with Gasteiger partial charge in [-0.3, -0.25) is 0 Å². The summed E-state index contributed by atoms with van der Waals surface area (Å²) < 4.78 is 0. The van der Waals surface area contributed by atoms with Gasteiger partial charge >= 0.3 is 5.69 Å². The van der Waals surface area contributed by atoms with Crippen LogP contribution in [-0.4, -0.2) is 20.3 Å². The van der Waals surface area contributed by atoms with E-state index in [2.05, 4.69) is 20.5 Å². The van der Waals surface area contributed by atoms with Crippen molar-refractivity contribution in [2.24, 2.45) is 0 Å². The topological polar surface area (TPSA) is 90.9 Å². The van der Waals surface area contributed by atoms with Crippen molar-refractivity contribution in [2.45, 2.75) is 6.92 Å². The molecular formula is C10H9ClN4O2. The molecule has 0 saturated heterocycles. The largest absolute Gasteiger partial charge is 0.506 e. The van der Waals surface area contributed by atoms with Crippen LogP contribution >= 0.6 is 11.6 Å². The minimum atomic E-state index is -0.570. The number of benzene rings is 1. The number of halogens is 1. The molecule has 1 aromatic carbocycles. The van der Waals surface area contributed by atoms with E-state index < -0.39 is 5.69 Å². The fraction of sp³-hybridized carbons (Fsp3) is 0.100. The molecule has 6 nitrogen and oxygen atoms in total. The standard InChI is InChI=1S/C10H9ClN4O2/c1-5-9(13-10(17)15-14-5)12-7-4-6(11)2-3-8(7)16/h2-4,16H,1H3,(H2,12,13,15,17). The fourth-order valence-corrected chi connectivity index (χ4v) is 1.42. The number of hydrogen-bond acceptors (Lipinski definition) is 5. The summed E-state index contributed by atoms with van der Waals surface area (Å²) in [6, 6.07) is 4.53. The summed E-state index contributed by atoms with van der Waals surface area (Å²) in [5.74, 6) is 0.280. The van der Waals surface area contributed by atoms with Crippen molar-refractivity contribution in [3.8, 4) is 5.75 Å². The molecule has 0 radical (unpaired) electrons. The van der Waals surface area contributed by atoms with E-state index in [4.69, 9.17) is 11.6 Å². The Balaban J connectivity index is 2.40. The maximum absolute atomic E-state index is 11.0. The molecule has 0 aliphatic carbocycles.